The summed E-state index contributed by atoms with van der Waals surface area (Å²) >= 11 is 0. The lowest BCUT2D eigenvalue weighted by Crippen LogP contribution is -2.15. The zero-order chi connectivity index (χ0) is 27.2. The number of halogens is 1. The Morgan fingerprint density at radius 2 is 1.68 bits per heavy atom. The summed E-state index contributed by atoms with van der Waals surface area (Å²) in [6.45, 7) is 9.86. The van der Waals surface area contributed by atoms with E-state index < -0.39 is 21.7 Å². The van der Waals surface area contributed by atoms with Gasteiger partial charge in [0.2, 0.25) is 0 Å². The zero-order valence-corrected chi connectivity index (χ0v) is 22.6. The highest BCUT2D eigenvalue weighted by Gasteiger charge is 2.27. The van der Waals surface area contributed by atoms with Crippen molar-refractivity contribution < 1.29 is 12.8 Å². The highest BCUT2D eigenvalue weighted by molar-refractivity contribution is 7.91. The second kappa shape index (κ2) is 11.9. The fourth-order valence-corrected chi connectivity index (χ4v) is 5.11. The molecule has 0 amide bonds. The van der Waals surface area contributed by atoms with Crippen LogP contribution in [0.5, 0.6) is 0 Å². The van der Waals surface area contributed by atoms with Gasteiger partial charge in [-0.15, -0.1) is 0 Å². The molecule has 0 saturated carbocycles. The molecular weight excluding hydrogens is 491 g/mol. The molecule has 0 aliphatic carbocycles. The molecule has 5 rings (SSSR count). The van der Waals surface area contributed by atoms with Crippen molar-refractivity contribution in [2.45, 2.75) is 45.6 Å². The van der Waals surface area contributed by atoms with Crippen LogP contribution in [-0.2, 0) is 9.84 Å². The summed E-state index contributed by atoms with van der Waals surface area (Å²) < 4.78 is 40.2. The number of rotatable bonds is 5. The molecule has 0 radical (unpaired) electrons. The lowest BCUT2D eigenvalue weighted by molar-refractivity contribution is 0.602. The van der Waals surface area contributed by atoms with E-state index in [9.17, 15) is 12.8 Å². The van der Waals surface area contributed by atoms with Crippen LogP contribution in [0.25, 0.3) is 33.2 Å². The van der Waals surface area contributed by atoms with Crippen LogP contribution in [0, 0.1) is 5.82 Å². The number of anilines is 1. The SMILES string of the molecule is CC.CC.CC(Nc1ncnc2nc[nH]c12)c1nc2ccc(F)cc2c(S(C)(=O)=O)c1-c1ccccc1. The van der Waals surface area contributed by atoms with Gasteiger partial charge in [-0.3, -0.25) is 0 Å². The van der Waals surface area contributed by atoms with Crippen LogP contribution in [0.1, 0.15) is 46.4 Å². The van der Waals surface area contributed by atoms with E-state index in [0.717, 1.165) is 6.26 Å². The monoisotopic (exact) mass is 522 g/mol. The molecule has 0 aliphatic rings. The second-order valence-corrected chi connectivity index (χ2v) is 9.64. The Morgan fingerprint density at radius 3 is 2.35 bits per heavy atom. The summed E-state index contributed by atoms with van der Waals surface area (Å²) in [6, 6.07) is 12.6. The zero-order valence-electron chi connectivity index (χ0n) is 21.7. The number of nitrogens with one attached hydrogen (secondary N) is 2. The molecule has 3 aromatic heterocycles. The van der Waals surface area contributed by atoms with Gasteiger partial charge in [0.1, 0.15) is 17.7 Å². The smallest absolute Gasteiger partial charge is 0.182 e. The Labute approximate surface area is 216 Å². The van der Waals surface area contributed by atoms with Gasteiger partial charge in [0.05, 0.1) is 28.5 Å². The van der Waals surface area contributed by atoms with Gasteiger partial charge >= 0.3 is 0 Å². The van der Waals surface area contributed by atoms with Gasteiger partial charge in [0, 0.05) is 17.2 Å². The lowest BCUT2D eigenvalue weighted by atomic mass is 9.98. The van der Waals surface area contributed by atoms with Gasteiger partial charge < -0.3 is 10.3 Å². The fourth-order valence-electron chi connectivity index (χ4n) is 3.95. The van der Waals surface area contributed by atoms with E-state index in [4.69, 9.17) is 4.98 Å². The predicted molar refractivity (Wildman–Crippen MR) is 147 cm³/mol. The average molecular weight is 523 g/mol. The van der Waals surface area contributed by atoms with Crippen LogP contribution in [0.15, 0.2) is 66.1 Å². The Balaban J connectivity index is 0.000000907. The van der Waals surface area contributed by atoms with E-state index >= 15 is 0 Å². The first-order valence-corrected chi connectivity index (χ1v) is 14.0. The van der Waals surface area contributed by atoms with Crippen LogP contribution in [0.2, 0.25) is 0 Å². The molecule has 0 spiro atoms. The molecule has 1 unspecified atom stereocenters. The first-order chi connectivity index (χ1) is 17.8. The minimum atomic E-state index is -3.76. The minimum Gasteiger partial charge on any atom is -0.360 e. The van der Waals surface area contributed by atoms with Crippen LogP contribution in [0.3, 0.4) is 0 Å². The molecule has 194 valence electrons. The summed E-state index contributed by atoms with van der Waals surface area (Å²) in [6.07, 6.45) is 4.05. The molecule has 8 nitrogen and oxygen atoms in total. The molecule has 10 heteroatoms. The van der Waals surface area contributed by atoms with Gasteiger partial charge in [0.25, 0.3) is 0 Å². The number of fused-ring (bicyclic) bond motifs is 2. The van der Waals surface area contributed by atoms with Crippen molar-refractivity contribution in [1.29, 1.82) is 0 Å². The quantitative estimate of drug-likeness (QED) is 0.277. The standard InChI is InChI=1S/C23H19FN6O2S.2C2H6/c1-13(29-23-20-22(26-11-25-20)27-12-28-23)19-18(14-6-4-3-5-7-14)21(33(2,31)32)16-10-15(24)8-9-17(16)30-19;2*1-2/h3-13H,1-2H3,(H2,25,26,27,28,29);2*1-2H3. The Kier molecular flexibility index (Phi) is 8.88. The molecule has 0 bridgehead atoms. The Hall–Kier alpha value is -3.92. The number of hydrogen-bond acceptors (Lipinski definition) is 7. The van der Waals surface area contributed by atoms with Crippen molar-refractivity contribution in [3.63, 3.8) is 0 Å². The van der Waals surface area contributed by atoms with Crippen LogP contribution in [0.4, 0.5) is 10.2 Å². The lowest BCUT2D eigenvalue weighted by Gasteiger charge is -2.22. The van der Waals surface area contributed by atoms with E-state index in [1.165, 1.54) is 30.9 Å². The summed E-state index contributed by atoms with van der Waals surface area (Å²) in [5.74, 6) is -0.0271. The van der Waals surface area contributed by atoms with Crippen molar-refractivity contribution in [1.82, 2.24) is 24.9 Å². The molecule has 5 aromatic rings. The number of nitrogens with zero attached hydrogens (tertiary/aromatic N) is 4. The summed E-state index contributed by atoms with van der Waals surface area (Å²) in [5.41, 5.74) is 3.08. The first kappa shape index (κ1) is 27.7. The van der Waals surface area contributed by atoms with Gasteiger partial charge in [-0.05, 0) is 30.7 Å². The third kappa shape index (κ3) is 5.75. The van der Waals surface area contributed by atoms with E-state index in [2.05, 4.69) is 25.3 Å². The third-order valence-electron chi connectivity index (χ3n) is 5.35. The van der Waals surface area contributed by atoms with Crippen LogP contribution < -0.4 is 5.32 Å². The molecule has 2 aromatic carbocycles. The normalized spacial score (nSPS) is 11.8. The Bertz CT molecular complexity index is 1600. The largest absolute Gasteiger partial charge is 0.360 e. The molecule has 3 heterocycles. The number of imidazole rings is 1. The number of sulfone groups is 1. The average Bonchev–Trinajstić information content (AvgIpc) is 3.40. The summed E-state index contributed by atoms with van der Waals surface area (Å²) in [4.78, 5) is 20.4. The molecular formula is C27H31FN6O2S. The van der Waals surface area contributed by atoms with Gasteiger partial charge in [-0.2, -0.15) is 0 Å². The molecule has 0 aliphatic heterocycles. The molecule has 1 atom stereocenters. The number of aromatic amines is 1. The first-order valence-electron chi connectivity index (χ1n) is 12.1. The second-order valence-electron chi connectivity index (χ2n) is 7.69. The Morgan fingerprint density at radius 1 is 0.973 bits per heavy atom. The third-order valence-corrected chi connectivity index (χ3v) is 6.51. The van der Waals surface area contributed by atoms with Crippen molar-refractivity contribution in [2.24, 2.45) is 0 Å². The van der Waals surface area contributed by atoms with E-state index in [1.54, 1.807) is 0 Å². The maximum Gasteiger partial charge on any atom is 0.182 e. The highest BCUT2D eigenvalue weighted by atomic mass is 32.2. The highest BCUT2D eigenvalue weighted by Crippen LogP contribution is 2.39. The van der Waals surface area contributed by atoms with Crippen molar-refractivity contribution in [3.05, 3.63) is 72.7 Å². The van der Waals surface area contributed by atoms with Gasteiger partial charge in [-0.1, -0.05) is 58.0 Å². The van der Waals surface area contributed by atoms with E-state index in [-0.39, 0.29) is 10.3 Å². The number of aromatic nitrogens is 5. The maximum absolute atomic E-state index is 14.1. The maximum atomic E-state index is 14.1. The topological polar surface area (TPSA) is 114 Å². The van der Waals surface area contributed by atoms with Crippen LogP contribution >= 0.6 is 0 Å². The molecule has 37 heavy (non-hydrogen) atoms. The fraction of sp³-hybridized carbons (Fsp3) is 0.259. The number of H-pyrrole nitrogens is 1. The molecule has 0 fully saturated rings. The van der Waals surface area contributed by atoms with Crippen molar-refractivity contribution in [3.8, 4) is 11.1 Å². The molecule has 2 N–H and O–H groups in total. The summed E-state index contributed by atoms with van der Waals surface area (Å²) in [5, 5.41) is 3.54. The van der Waals surface area contributed by atoms with Crippen molar-refractivity contribution in [2.75, 3.05) is 11.6 Å². The molecule has 0 saturated heterocycles. The van der Waals surface area contributed by atoms with Gasteiger partial charge in [-0.25, -0.2) is 32.7 Å². The number of pyridine rings is 1. The minimum absolute atomic E-state index is 0.0382. The van der Waals surface area contributed by atoms with Gasteiger partial charge in [0.15, 0.2) is 21.3 Å². The number of benzene rings is 2. The number of hydrogen-bond donors (Lipinski definition) is 2. The van der Waals surface area contributed by atoms with Crippen LogP contribution in [-0.4, -0.2) is 39.6 Å². The predicted octanol–water partition coefficient (Wildman–Crippen LogP) is 6.34. The van der Waals surface area contributed by atoms with E-state index in [1.807, 2.05) is 65.0 Å². The van der Waals surface area contributed by atoms with Crippen molar-refractivity contribution >= 4 is 37.7 Å². The summed E-state index contributed by atoms with van der Waals surface area (Å²) in [7, 11) is -3.76. The van der Waals surface area contributed by atoms with E-state index in [0.29, 0.717) is 39.3 Å².